The average molecular weight is 266 g/mol. The van der Waals surface area contributed by atoms with Gasteiger partial charge in [-0.25, -0.2) is 9.97 Å². The monoisotopic (exact) mass is 266 g/mol. The number of nitrogens with two attached hydrogens (primary N) is 1. The van der Waals surface area contributed by atoms with Crippen molar-refractivity contribution in [2.24, 2.45) is 0 Å². The molecule has 2 aliphatic rings. The van der Waals surface area contributed by atoms with E-state index in [4.69, 9.17) is 10.7 Å². The van der Waals surface area contributed by atoms with Crippen LogP contribution in [-0.4, -0.2) is 16.5 Å². The van der Waals surface area contributed by atoms with Crippen LogP contribution in [0.1, 0.15) is 35.7 Å². The Labute approximate surface area is 118 Å². The molecule has 1 aromatic heterocycles. The van der Waals surface area contributed by atoms with Gasteiger partial charge >= 0.3 is 0 Å². The summed E-state index contributed by atoms with van der Waals surface area (Å²) in [5.74, 6) is 3.04. The van der Waals surface area contributed by atoms with Crippen LogP contribution in [0.25, 0.3) is 0 Å². The van der Waals surface area contributed by atoms with Gasteiger partial charge in [0.25, 0.3) is 0 Å². The van der Waals surface area contributed by atoms with Crippen molar-refractivity contribution in [3.8, 4) is 0 Å². The number of fused-ring (bicyclic) bond motifs is 1. The summed E-state index contributed by atoms with van der Waals surface area (Å²) in [6.45, 7) is 1.91. The van der Waals surface area contributed by atoms with Gasteiger partial charge in [-0.1, -0.05) is 24.3 Å². The Balaban J connectivity index is 1.65. The van der Waals surface area contributed by atoms with Crippen molar-refractivity contribution in [2.75, 3.05) is 17.2 Å². The largest absolute Gasteiger partial charge is 0.384 e. The van der Waals surface area contributed by atoms with E-state index in [1.54, 1.807) is 0 Å². The van der Waals surface area contributed by atoms with Gasteiger partial charge in [-0.3, -0.25) is 0 Å². The Morgan fingerprint density at radius 1 is 1.10 bits per heavy atom. The van der Waals surface area contributed by atoms with Gasteiger partial charge in [-0.05, 0) is 30.4 Å². The molecule has 0 saturated heterocycles. The molecule has 2 aromatic rings. The van der Waals surface area contributed by atoms with E-state index in [1.807, 2.05) is 6.07 Å². The molecule has 0 radical (unpaired) electrons. The first kappa shape index (κ1) is 11.7. The highest BCUT2D eigenvalue weighted by Crippen LogP contribution is 2.39. The van der Waals surface area contributed by atoms with E-state index in [1.165, 1.54) is 24.0 Å². The third-order valence-corrected chi connectivity index (χ3v) is 4.15. The van der Waals surface area contributed by atoms with E-state index in [-0.39, 0.29) is 0 Å². The average Bonchev–Trinajstić information content (AvgIpc) is 3.31. The topological polar surface area (TPSA) is 55.0 Å². The van der Waals surface area contributed by atoms with Gasteiger partial charge in [0.1, 0.15) is 17.5 Å². The maximum atomic E-state index is 5.95. The van der Waals surface area contributed by atoms with E-state index in [2.05, 4.69) is 34.1 Å². The molecule has 4 rings (SSSR count). The van der Waals surface area contributed by atoms with Crippen molar-refractivity contribution < 1.29 is 0 Å². The summed E-state index contributed by atoms with van der Waals surface area (Å²) in [5.41, 5.74) is 8.79. The van der Waals surface area contributed by atoms with Crippen LogP contribution in [0.5, 0.6) is 0 Å². The van der Waals surface area contributed by atoms with Crippen molar-refractivity contribution in [3.63, 3.8) is 0 Å². The molecular weight excluding hydrogens is 248 g/mol. The van der Waals surface area contributed by atoms with Crippen LogP contribution in [0, 0.1) is 0 Å². The third kappa shape index (κ3) is 2.11. The molecule has 0 unspecified atom stereocenters. The molecule has 0 bridgehead atoms. The second-order valence-corrected chi connectivity index (χ2v) is 5.72. The number of nitrogen functional groups attached to an aromatic ring is 1. The first-order valence-corrected chi connectivity index (χ1v) is 7.26. The Morgan fingerprint density at radius 2 is 1.90 bits per heavy atom. The Kier molecular flexibility index (Phi) is 2.62. The van der Waals surface area contributed by atoms with E-state index in [0.717, 1.165) is 31.2 Å². The predicted molar refractivity (Wildman–Crippen MR) is 79.6 cm³/mol. The van der Waals surface area contributed by atoms with Crippen LogP contribution in [0.2, 0.25) is 0 Å². The summed E-state index contributed by atoms with van der Waals surface area (Å²) in [4.78, 5) is 11.4. The van der Waals surface area contributed by atoms with Crippen molar-refractivity contribution >= 4 is 11.6 Å². The Hall–Kier alpha value is -2.10. The highest BCUT2D eigenvalue weighted by atomic mass is 15.2. The molecule has 1 aliphatic heterocycles. The molecular formula is C16H18N4. The summed E-state index contributed by atoms with van der Waals surface area (Å²) < 4.78 is 0. The van der Waals surface area contributed by atoms with Gasteiger partial charge < -0.3 is 10.6 Å². The van der Waals surface area contributed by atoms with Crippen LogP contribution in [0.3, 0.4) is 0 Å². The zero-order chi connectivity index (χ0) is 13.5. The summed E-state index contributed by atoms with van der Waals surface area (Å²) in [7, 11) is 0. The fraction of sp³-hybridized carbons (Fsp3) is 0.375. The summed E-state index contributed by atoms with van der Waals surface area (Å²) in [6, 6.07) is 10.5. The Morgan fingerprint density at radius 3 is 2.70 bits per heavy atom. The molecule has 2 heterocycles. The molecule has 0 spiro atoms. The standard InChI is InChI=1S/C16H18N4/c17-14-9-15(19-16(18-14)12-5-6-12)20-8-7-11-3-1-2-4-13(11)10-20/h1-4,9,12H,5-8,10H2,(H2,17,18,19). The summed E-state index contributed by atoms with van der Waals surface area (Å²) in [6.07, 6.45) is 3.47. The van der Waals surface area contributed by atoms with Gasteiger partial charge in [0, 0.05) is 25.1 Å². The number of benzene rings is 1. The van der Waals surface area contributed by atoms with E-state index < -0.39 is 0 Å². The minimum atomic E-state index is 0.536. The SMILES string of the molecule is Nc1cc(N2CCc3ccccc3C2)nc(C2CC2)n1. The van der Waals surface area contributed by atoms with Crippen LogP contribution in [-0.2, 0) is 13.0 Å². The molecule has 1 fully saturated rings. The lowest BCUT2D eigenvalue weighted by atomic mass is 10.00. The number of rotatable bonds is 2. The van der Waals surface area contributed by atoms with Crippen LogP contribution < -0.4 is 10.6 Å². The number of hydrogen-bond acceptors (Lipinski definition) is 4. The van der Waals surface area contributed by atoms with Crippen molar-refractivity contribution in [1.29, 1.82) is 0 Å². The maximum absolute atomic E-state index is 5.95. The molecule has 1 aliphatic carbocycles. The van der Waals surface area contributed by atoms with Gasteiger partial charge in [-0.2, -0.15) is 0 Å². The lowest BCUT2D eigenvalue weighted by molar-refractivity contribution is 0.714. The third-order valence-electron chi connectivity index (χ3n) is 4.15. The number of anilines is 2. The number of nitrogens with zero attached hydrogens (tertiary/aromatic N) is 3. The van der Waals surface area contributed by atoms with Gasteiger partial charge in [-0.15, -0.1) is 0 Å². The molecule has 0 atom stereocenters. The summed E-state index contributed by atoms with van der Waals surface area (Å²) >= 11 is 0. The zero-order valence-corrected chi connectivity index (χ0v) is 11.4. The molecule has 1 aromatic carbocycles. The highest BCUT2D eigenvalue weighted by Gasteiger charge is 2.28. The lowest BCUT2D eigenvalue weighted by Crippen LogP contribution is -2.31. The second kappa shape index (κ2) is 4.47. The quantitative estimate of drug-likeness (QED) is 0.907. The molecule has 4 heteroatoms. The fourth-order valence-corrected chi connectivity index (χ4v) is 2.85. The molecule has 4 nitrogen and oxygen atoms in total. The van der Waals surface area contributed by atoms with E-state index in [0.29, 0.717) is 11.7 Å². The minimum absolute atomic E-state index is 0.536. The van der Waals surface area contributed by atoms with Crippen molar-refractivity contribution in [2.45, 2.75) is 31.7 Å². The normalized spacial score (nSPS) is 17.9. The summed E-state index contributed by atoms with van der Waals surface area (Å²) in [5, 5.41) is 0. The molecule has 1 saturated carbocycles. The minimum Gasteiger partial charge on any atom is -0.384 e. The smallest absolute Gasteiger partial charge is 0.136 e. The molecule has 2 N–H and O–H groups in total. The lowest BCUT2D eigenvalue weighted by Gasteiger charge is -2.30. The molecule has 102 valence electrons. The highest BCUT2D eigenvalue weighted by molar-refractivity contribution is 5.50. The van der Waals surface area contributed by atoms with Crippen LogP contribution in [0.4, 0.5) is 11.6 Å². The van der Waals surface area contributed by atoms with Crippen molar-refractivity contribution in [1.82, 2.24) is 9.97 Å². The molecule has 20 heavy (non-hydrogen) atoms. The van der Waals surface area contributed by atoms with Crippen LogP contribution >= 0.6 is 0 Å². The number of hydrogen-bond donors (Lipinski definition) is 1. The van der Waals surface area contributed by atoms with Gasteiger partial charge in [0.05, 0.1) is 0 Å². The van der Waals surface area contributed by atoms with E-state index in [9.17, 15) is 0 Å². The van der Waals surface area contributed by atoms with Gasteiger partial charge in [0.15, 0.2) is 0 Å². The first-order valence-electron chi connectivity index (χ1n) is 7.26. The van der Waals surface area contributed by atoms with E-state index >= 15 is 0 Å². The fourth-order valence-electron chi connectivity index (χ4n) is 2.85. The maximum Gasteiger partial charge on any atom is 0.136 e. The first-order chi connectivity index (χ1) is 9.79. The predicted octanol–water partition coefficient (Wildman–Crippen LogP) is 2.50. The van der Waals surface area contributed by atoms with Gasteiger partial charge in [0.2, 0.25) is 0 Å². The number of aromatic nitrogens is 2. The van der Waals surface area contributed by atoms with Crippen LogP contribution in [0.15, 0.2) is 30.3 Å². The van der Waals surface area contributed by atoms with Crippen molar-refractivity contribution in [3.05, 3.63) is 47.3 Å². The Bertz CT molecular complexity index is 649. The molecule has 0 amide bonds. The zero-order valence-electron chi connectivity index (χ0n) is 11.4. The second-order valence-electron chi connectivity index (χ2n) is 5.72.